The summed E-state index contributed by atoms with van der Waals surface area (Å²) in [6.45, 7) is 2.40. The molecule has 0 bridgehead atoms. The van der Waals surface area contributed by atoms with Gasteiger partial charge in [0.2, 0.25) is 5.91 Å². The lowest BCUT2D eigenvalue weighted by molar-refractivity contribution is -0.134. The molecule has 2 N–H and O–H groups in total. The van der Waals surface area contributed by atoms with Gasteiger partial charge in [-0.05, 0) is 37.4 Å². The summed E-state index contributed by atoms with van der Waals surface area (Å²) in [5.41, 5.74) is -0.240. The van der Waals surface area contributed by atoms with Gasteiger partial charge in [-0.15, -0.1) is 12.4 Å². The molecule has 2 aliphatic rings. The summed E-state index contributed by atoms with van der Waals surface area (Å²) in [5, 5.41) is 6.35. The summed E-state index contributed by atoms with van der Waals surface area (Å²) in [4.78, 5) is 12.6. The lowest BCUT2D eigenvalue weighted by Crippen LogP contribution is -2.48. The van der Waals surface area contributed by atoms with Crippen LogP contribution in [0.5, 0.6) is 5.75 Å². The number of hydrogen-bond donors (Lipinski definition) is 2. The summed E-state index contributed by atoms with van der Waals surface area (Å²) in [6, 6.07) is 6.31. The smallest absolute Gasteiger partial charge is 0.227 e. The van der Waals surface area contributed by atoms with E-state index in [0.29, 0.717) is 12.5 Å². The second-order valence-corrected chi connectivity index (χ2v) is 6.26. The molecule has 1 saturated carbocycles. The fourth-order valence-electron chi connectivity index (χ4n) is 3.75. The molecule has 1 saturated heterocycles. The molecule has 1 aliphatic heterocycles. The summed E-state index contributed by atoms with van der Waals surface area (Å²) < 4.78 is 18.8. The van der Waals surface area contributed by atoms with Crippen LogP contribution >= 0.6 is 12.4 Å². The Bertz CT molecular complexity index is 543. The van der Waals surface area contributed by atoms with E-state index in [-0.39, 0.29) is 41.9 Å². The van der Waals surface area contributed by atoms with E-state index in [9.17, 15) is 9.18 Å². The third-order valence-corrected chi connectivity index (χ3v) is 4.97. The minimum absolute atomic E-state index is 0. The van der Waals surface area contributed by atoms with E-state index in [2.05, 4.69) is 10.6 Å². The Hall–Kier alpha value is -1.33. The van der Waals surface area contributed by atoms with Crippen molar-refractivity contribution in [1.29, 1.82) is 0 Å². The van der Waals surface area contributed by atoms with Gasteiger partial charge in [0.15, 0.2) is 11.6 Å². The molecule has 0 aromatic heterocycles. The molecule has 0 unspecified atom stereocenters. The zero-order valence-electron chi connectivity index (χ0n) is 13.1. The molecule has 23 heavy (non-hydrogen) atoms. The Morgan fingerprint density at radius 3 is 3.04 bits per heavy atom. The van der Waals surface area contributed by atoms with Crippen LogP contribution in [0.15, 0.2) is 24.3 Å². The Morgan fingerprint density at radius 2 is 2.22 bits per heavy atom. The maximum atomic E-state index is 13.4. The topological polar surface area (TPSA) is 50.4 Å². The minimum Gasteiger partial charge on any atom is -0.489 e. The van der Waals surface area contributed by atoms with E-state index in [1.165, 1.54) is 12.5 Å². The first-order valence-electron chi connectivity index (χ1n) is 8.09. The fourth-order valence-corrected chi connectivity index (χ4v) is 3.75. The molecular formula is C17H24ClFN2O2. The third-order valence-electron chi connectivity index (χ3n) is 4.97. The van der Waals surface area contributed by atoms with Crippen LogP contribution in [0.25, 0.3) is 0 Å². The second-order valence-electron chi connectivity index (χ2n) is 6.26. The van der Waals surface area contributed by atoms with Crippen LogP contribution in [-0.4, -0.2) is 32.1 Å². The predicted molar refractivity (Wildman–Crippen MR) is 89.4 cm³/mol. The number of benzene rings is 1. The summed E-state index contributed by atoms with van der Waals surface area (Å²) >= 11 is 0. The average molecular weight is 343 g/mol. The number of carbonyl (C=O) groups is 1. The number of fused-ring (bicyclic) bond motifs is 1. The molecule has 1 aromatic carbocycles. The predicted octanol–water partition coefficient (Wildman–Crippen LogP) is 2.52. The SMILES string of the molecule is Cl.O=C(NCCOc1ccccc1F)[C@@]12CCCC[C@H]1CNC2. The number of rotatable bonds is 5. The van der Waals surface area contributed by atoms with Gasteiger partial charge in [-0.25, -0.2) is 4.39 Å². The Balaban J connectivity index is 0.00000192. The number of nitrogens with one attached hydrogen (secondary N) is 2. The highest BCUT2D eigenvalue weighted by atomic mass is 35.5. The normalized spacial score (nSPS) is 26.0. The number of amides is 1. The second kappa shape index (κ2) is 7.97. The van der Waals surface area contributed by atoms with E-state index in [4.69, 9.17) is 4.74 Å². The highest BCUT2D eigenvalue weighted by Crippen LogP contribution is 2.43. The van der Waals surface area contributed by atoms with E-state index >= 15 is 0 Å². The first-order valence-corrected chi connectivity index (χ1v) is 8.09. The van der Waals surface area contributed by atoms with Gasteiger partial charge in [0.25, 0.3) is 0 Å². The monoisotopic (exact) mass is 342 g/mol. The Kier molecular flexibility index (Phi) is 6.25. The van der Waals surface area contributed by atoms with Gasteiger partial charge in [0.05, 0.1) is 12.0 Å². The van der Waals surface area contributed by atoms with Crippen LogP contribution < -0.4 is 15.4 Å². The quantitative estimate of drug-likeness (QED) is 0.808. The van der Waals surface area contributed by atoms with E-state index < -0.39 is 0 Å². The lowest BCUT2D eigenvalue weighted by atomic mass is 9.67. The zero-order chi connectivity index (χ0) is 15.4. The van der Waals surface area contributed by atoms with Crippen LogP contribution in [0.3, 0.4) is 0 Å². The van der Waals surface area contributed by atoms with Gasteiger partial charge in [0, 0.05) is 6.54 Å². The van der Waals surface area contributed by atoms with Crippen molar-refractivity contribution in [3.63, 3.8) is 0 Å². The van der Waals surface area contributed by atoms with Crippen molar-refractivity contribution in [2.24, 2.45) is 11.3 Å². The van der Waals surface area contributed by atoms with Gasteiger partial charge in [-0.3, -0.25) is 4.79 Å². The van der Waals surface area contributed by atoms with Crippen LogP contribution in [0.2, 0.25) is 0 Å². The van der Waals surface area contributed by atoms with Gasteiger partial charge >= 0.3 is 0 Å². The molecule has 1 aromatic rings. The summed E-state index contributed by atoms with van der Waals surface area (Å²) in [7, 11) is 0. The molecule has 3 rings (SSSR count). The molecule has 0 radical (unpaired) electrons. The van der Waals surface area contributed by atoms with E-state index in [1.54, 1.807) is 18.2 Å². The highest BCUT2D eigenvalue weighted by molar-refractivity contribution is 5.85. The van der Waals surface area contributed by atoms with Crippen LogP contribution in [0, 0.1) is 17.2 Å². The number of carbonyl (C=O) groups excluding carboxylic acids is 1. The fraction of sp³-hybridized carbons (Fsp3) is 0.588. The van der Waals surface area contributed by atoms with Crippen molar-refractivity contribution in [3.05, 3.63) is 30.1 Å². The number of halogens is 2. The molecule has 1 heterocycles. The molecule has 0 spiro atoms. The number of hydrogen-bond acceptors (Lipinski definition) is 3. The minimum atomic E-state index is -0.375. The van der Waals surface area contributed by atoms with Crippen LogP contribution in [0.4, 0.5) is 4.39 Å². The molecule has 128 valence electrons. The number of ether oxygens (including phenoxy) is 1. The molecular weight excluding hydrogens is 319 g/mol. The lowest BCUT2D eigenvalue weighted by Gasteiger charge is -2.37. The summed E-state index contributed by atoms with van der Waals surface area (Å²) in [5.74, 6) is 0.431. The van der Waals surface area contributed by atoms with Gasteiger partial charge in [-0.2, -0.15) is 0 Å². The van der Waals surface area contributed by atoms with Crippen molar-refractivity contribution in [2.45, 2.75) is 25.7 Å². The highest BCUT2D eigenvalue weighted by Gasteiger charge is 2.49. The number of para-hydroxylation sites is 1. The standard InChI is InChI=1S/C17H23FN2O2.ClH/c18-14-6-1-2-7-15(14)22-10-9-20-16(21)17-8-4-3-5-13(17)11-19-12-17;/h1-2,6-7,13,19H,3-5,8-12H2,(H,20,21);1H/t13-,17+;/m0./s1. The van der Waals surface area contributed by atoms with Crippen molar-refractivity contribution >= 4 is 18.3 Å². The maximum Gasteiger partial charge on any atom is 0.227 e. The van der Waals surface area contributed by atoms with Gasteiger partial charge in [-0.1, -0.05) is 25.0 Å². The molecule has 4 nitrogen and oxygen atoms in total. The Labute approximate surface area is 142 Å². The van der Waals surface area contributed by atoms with Crippen molar-refractivity contribution in [1.82, 2.24) is 10.6 Å². The molecule has 6 heteroatoms. The zero-order valence-corrected chi connectivity index (χ0v) is 14.0. The van der Waals surface area contributed by atoms with E-state index in [1.807, 2.05) is 0 Å². The molecule has 2 fully saturated rings. The van der Waals surface area contributed by atoms with Gasteiger partial charge < -0.3 is 15.4 Å². The molecule has 1 amide bonds. The van der Waals surface area contributed by atoms with Crippen molar-refractivity contribution in [3.8, 4) is 5.75 Å². The summed E-state index contributed by atoms with van der Waals surface area (Å²) in [6.07, 6.45) is 4.44. The van der Waals surface area contributed by atoms with Gasteiger partial charge in [0.1, 0.15) is 6.61 Å². The molecule has 2 atom stereocenters. The average Bonchev–Trinajstić information content (AvgIpc) is 2.98. The third kappa shape index (κ3) is 3.78. The van der Waals surface area contributed by atoms with E-state index in [0.717, 1.165) is 32.4 Å². The maximum absolute atomic E-state index is 13.4. The largest absolute Gasteiger partial charge is 0.489 e. The first-order chi connectivity index (χ1) is 10.7. The van der Waals surface area contributed by atoms with Crippen LogP contribution in [0.1, 0.15) is 25.7 Å². The first kappa shape index (κ1) is 18.0. The van der Waals surface area contributed by atoms with Crippen molar-refractivity contribution in [2.75, 3.05) is 26.2 Å². The Morgan fingerprint density at radius 1 is 1.39 bits per heavy atom. The van der Waals surface area contributed by atoms with Crippen LogP contribution in [-0.2, 0) is 4.79 Å². The molecule has 1 aliphatic carbocycles. The van der Waals surface area contributed by atoms with Crippen molar-refractivity contribution < 1.29 is 13.9 Å².